The fraction of sp³-hybridized carbons (Fsp3) is 0.467. The van der Waals surface area contributed by atoms with Gasteiger partial charge in [0.2, 0.25) is 0 Å². The molecule has 0 N–H and O–H groups in total. The van der Waals surface area contributed by atoms with E-state index >= 15 is 0 Å². The summed E-state index contributed by atoms with van der Waals surface area (Å²) < 4.78 is 10.1. The van der Waals surface area contributed by atoms with Gasteiger partial charge in [0.1, 0.15) is 5.75 Å². The van der Waals surface area contributed by atoms with E-state index in [1.54, 1.807) is 18.2 Å². The van der Waals surface area contributed by atoms with Crippen LogP contribution in [0.1, 0.15) is 43.5 Å². The van der Waals surface area contributed by atoms with Gasteiger partial charge in [-0.3, -0.25) is 9.59 Å². The van der Waals surface area contributed by atoms with Crippen molar-refractivity contribution in [3.63, 3.8) is 0 Å². The molecule has 104 valence electrons. The largest absolute Gasteiger partial charge is 0.490 e. The zero-order chi connectivity index (χ0) is 14.3. The van der Waals surface area contributed by atoms with Crippen molar-refractivity contribution in [3.05, 3.63) is 29.8 Å². The lowest BCUT2D eigenvalue weighted by molar-refractivity contribution is -0.140. The van der Waals surface area contributed by atoms with Crippen LogP contribution in [0.25, 0.3) is 0 Å². The molecule has 0 heterocycles. The number of para-hydroxylation sites is 1. The number of methoxy groups -OCH3 is 1. The highest BCUT2D eigenvalue weighted by molar-refractivity contribution is 5.98. The van der Waals surface area contributed by atoms with Crippen molar-refractivity contribution in [3.8, 4) is 5.75 Å². The van der Waals surface area contributed by atoms with Gasteiger partial charge in [-0.1, -0.05) is 12.1 Å². The number of ketones is 1. The van der Waals surface area contributed by atoms with Crippen LogP contribution in [0.2, 0.25) is 0 Å². The molecule has 0 aliphatic heterocycles. The summed E-state index contributed by atoms with van der Waals surface area (Å²) in [6.45, 7) is 3.83. The minimum atomic E-state index is -0.292. The van der Waals surface area contributed by atoms with Gasteiger partial charge in [-0.05, 0) is 32.4 Å². The molecule has 4 heteroatoms. The van der Waals surface area contributed by atoms with E-state index in [-0.39, 0.29) is 24.3 Å². The maximum absolute atomic E-state index is 12.1. The third-order valence-corrected chi connectivity index (χ3v) is 2.56. The van der Waals surface area contributed by atoms with Crippen molar-refractivity contribution < 1.29 is 19.1 Å². The zero-order valence-corrected chi connectivity index (χ0v) is 11.6. The molecule has 0 saturated heterocycles. The molecule has 0 saturated carbocycles. The molecule has 0 unspecified atom stereocenters. The van der Waals surface area contributed by atoms with Crippen molar-refractivity contribution in [2.45, 2.75) is 39.2 Å². The lowest BCUT2D eigenvalue weighted by Gasteiger charge is -2.13. The molecular formula is C15H20O4. The summed E-state index contributed by atoms with van der Waals surface area (Å²) in [4.78, 5) is 23.1. The van der Waals surface area contributed by atoms with Gasteiger partial charge in [0, 0.05) is 12.8 Å². The van der Waals surface area contributed by atoms with Crippen LogP contribution < -0.4 is 4.74 Å². The van der Waals surface area contributed by atoms with E-state index in [9.17, 15) is 9.59 Å². The van der Waals surface area contributed by atoms with E-state index in [1.165, 1.54) is 7.11 Å². The van der Waals surface area contributed by atoms with E-state index in [1.807, 2.05) is 19.9 Å². The first kappa shape index (κ1) is 15.2. The molecule has 1 aromatic carbocycles. The molecule has 0 aliphatic carbocycles. The Morgan fingerprint density at radius 1 is 1.16 bits per heavy atom. The van der Waals surface area contributed by atoms with Crippen molar-refractivity contribution in [2.24, 2.45) is 0 Å². The van der Waals surface area contributed by atoms with Crippen LogP contribution in [0.4, 0.5) is 0 Å². The second-order valence-electron chi connectivity index (χ2n) is 4.52. The molecule has 0 amide bonds. The molecule has 19 heavy (non-hydrogen) atoms. The Labute approximate surface area is 113 Å². The molecule has 0 bridgehead atoms. The highest BCUT2D eigenvalue weighted by Gasteiger charge is 2.13. The molecule has 0 aromatic heterocycles. The topological polar surface area (TPSA) is 52.6 Å². The average Bonchev–Trinajstić information content (AvgIpc) is 2.38. The summed E-state index contributed by atoms with van der Waals surface area (Å²) in [6, 6.07) is 7.18. The number of rotatable bonds is 7. The van der Waals surface area contributed by atoms with Gasteiger partial charge in [0.05, 0.1) is 18.8 Å². The van der Waals surface area contributed by atoms with Crippen LogP contribution in [0.3, 0.4) is 0 Å². The maximum atomic E-state index is 12.1. The smallest absolute Gasteiger partial charge is 0.305 e. The molecular weight excluding hydrogens is 244 g/mol. The Morgan fingerprint density at radius 2 is 1.84 bits per heavy atom. The SMILES string of the molecule is COC(=O)CCCC(=O)c1ccccc1OC(C)C. The Morgan fingerprint density at radius 3 is 2.47 bits per heavy atom. The molecule has 0 fully saturated rings. The van der Waals surface area contributed by atoms with E-state index in [0.29, 0.717) is 24.2 Å². The Bertz CT molecular complexity index is 438. The first-order valence-electron chi connectivity index (χ1n) is 6.40. The van der Waals surface area contributed by atoms with E-state index in [4.69, 9.17) is 4.74 Å². The van der Waals surface area contributed by atoms with Crippen LogP contribution in [0, 0.1) is 0 Å². The van der Waals surface area contributed by atoms with Crippen LogP contribution in [-0.4, -0.2) is 25.0 Å². The van der Waals surface area contributed by atoms with Crippen molar-refractivity contribution in [2.75, 3.05) is 7.11 Å². The predicted octanol–water partition coefficient (Wildman–Crippen LogP) is 3.00. The normalized spacial score (nSPS) is 10.3. The summed E-state index contributed by atoms with van der Waals surface area (Å²) in [6.07, 6.45) is 1.08. The van der Waals surface area contributed by atoms with Gasteiger partial charge in [0.15, 0.2) is 5.78 Å². The zero-order valence-electron chi connectivity index (χ0n) is 11.6. The van der Waals surface area contributed by atoms with Crippen molar-refractivity contribution in [1.82, 2.24) is 0 Å². The van der Waals surface area contributed by atoms with Crippen molar-refractivity contribution in [1.29, 1.82) is 0 Å². The monoisotopic (exact) mass is 264 g/mol. The minimum Gasteiger partial charge on any atom is -0.490 e. The highest BCUT2D eigenvalue weighted by Crippen LogP contribution is 2.21. The number of hydrogen-bond donors (Lipinski definition) is 0. The number of carbonyl (C=O) groups is 2. The summed E-state index contributed by atoms with van der Waals surface area (Å²) in [5.74, 6) is 0.292. The van der Waals surface area contributed by atoms with E-state index < -0.39 is 0 Å². The standard InChI is InChI=1S/C15H20O4/c1-11(2)19-14-9-5-4-7-12(14)13(16)8-6-10-15(17)18-3/h4-5,7,9,11H,6,8,10H2,1-3H3. The lowest BCUT2D eigenvalue weighted by Crippen LogP contribution is -2.10. The molecule has 0 aliphatic rings. The predicted molar refractivity (Wildman–Crippen MR) is 72.4 cm³/mol. The molecule has 0 spiro atoms. The first-order valence-corrected chi connectivity index (χ1v) is 6.40. The van der Waals surface area contributed by atoms with Gasteiger partial charge in [-0.2, -0.15) is 0 Å². The molecule has 1 rings (SSSR count). The Balaban J connectivity index is 2.63. The molecule has 4 nitrogen and oxygen atoms in total. The molecule has 0 radical (unpaired) electrons. The Hall–Kier alpha value is -1.84. The quantitative estimate of drug-likeness (QED) is 0.561. The number of esters is 1. The fourth-order valence-electron chi connectivity index (χ4n) is 1.68. The maximum Gasteiger partial charge on any atom is 0.305 e. The molecule has 0 atom stereocenters. The summed E-state index contributed by atoms with van der Waals surface area (Å²) in [7, 11) is 1.34. The van der Waals surface area contributed by atoms with E-state index in [0.717, 1.165) is 0 Å². The second-order valence-corrected chi connectivity index (χ2v) is 4.52. The average molecular weight is 264 g/mol. The first-order chi connectivity index (χ1) is 9.04. The third kappa shape index (κ3) is 5.12. The fourth-order valence-corrected chi connectivity index (χ4v) is 1.68. The lowest BCUT2D eigenvalue weighted by atomic mass is 10.0. The van der Waals surface area contributed by atoms with E-state index in [2.05, 4.69) is 4.74 Å². The summed E-state index contributed by atoms with van der Waals surface area (Å²) in [5.41, 5.74) is 0.570. The van der Waals surface area contributed by atoms with Gasteiger partial charge < -0.3 is 9.47 Å². The van der Waals surface area contributed by atoms with Crippen LogP contribution >= 0.6 is 0 Å². The van der Waals surface area contributed by atoms with Crippen LogP contribution in [0.5, 0.6) is 5.75 Å². The second kappa shape index (κ2) is 7.56. The van der Waals surface area contributed by atoms with Gasteiger partial charge >= 0.3 is 5.97 Å². The summed E-state index contributed by atoms with van der Waals surface area (Å²) >= 11 is 0. The number of benzene rings is 1. The van der Waals surface area contributed by atoms with Gasteiger partial charge in [0.25, 0.3) is 0 Å². The van der Waals surface area contributed by atoms with Gasteiger partial charge in [-0.25, -0.2) is 0 Å². The van der Waals surface area contributed by atoms with Crippen LogP contribution in [-0.2, 0) is 9.53 Å². The van der Waals surface area contributed by atoms with Crippen molar-refractivity contribution >= 4 is 11.8 Å². The number of ether oxygens (including phenoxy) is 2. The summed E-state index contributed by atoms with van der Waals surface area (Å²) in [5, 5.41) is 0. The number of Topliss-reactive ketones (excluding diaryl/α,β-unsaturated/α-hetero) is 1. The molecule has 1 aromatic rings. The number of hydrogen-bond acceptors (Lipinski definition) is 4. The highest BCUT2D eigenvalue weighted by atomic mass is 16.5. The van der Waals surface area contributed by atoms with Crippen LogP contribution in [0.15, 0.2) is 24.3 Å². The third-order valence-electron chi connectivity index (χ3n) is 2.56. The Kier molecular flexibility index (Phi) is 6.06. The number of carbonyl (C=O) groups excluding carboxylic acids is 2. The van der Waals surface area contributed by atoms with Gasteiger partial charge in [-0.15, -0.1) is 0 Å². The minimum absolute atomic E-state index is 0.0137.